The predicted molar refractivity (Wildman–Crippen MR) is 109 cm³/mol. The fourth-order valence-electron chi connectivity index (χ4n) is 4.06. The first-order valence-corrected chi connectivity index (χ1v) is 9.60. The molecule has 2 aromatic rings. The average Bonchev–Trinajstić information content (AvgIpc) is 3.48. The predicted octanol–water partition coefficient (Wildman–Crippen LogP) is 3.68. The summed E-state index contributed by atoms with van der Waals surface area (Å²) in [6, 6.07) is 17.6. The van der Waals surface area contributed by atoms with Crippen molar-refractivity contribution in [2.75, 3.05) is 7.05 Å². The van der Waals surface area contributed by atoms with E-state index in [1.165, 1.54) is 4.90 Å². The van der Waals surface area contributed by atoms with E-state index in [2.05, 4.69) is 6.07 Å². The molecule has 28 heavy (non-hydrogen) atoms. The third-order valence-electron chi connectivity index (χ3n) is 6.01. The Kier molecular flexibility index (Phi) is 4.20. The van der Waals surface area contributed by atoms with Crippen LogP contribution in [-0.2, 0) is 15.7 Å². The van der Waals surface area contributed by atoms with Gasteiger partial charge < -0.3 is 5.73 Å². The number of amides is 1. The van der Waals surface area contributed by atoms with E-state index in [-0.39, 0.29) is 17.3 Å². The van der Waals surface area contributed by atoms with E-state index in [1.807, 2.05) is 49.4 Å². The average molecular weight is 393 g/mol. The third kappa shape index (κ3) is 2.68. The summed E-state index contributed by atoms with van der Waals surface area (Å²) >= 11 is 6.47. The topological polar surface area (TPSA) is 82.5 Å². The Morgan fingerprint density at radius 3 is 2.43 bits per heavy atom. The van der Waals surface area contributed by atoms with Gasteiger partial charge in [-0.2, -0.15) is 5.26 Å². The fourth-order valence-corrected chi connectivity index (χ4v) is 4.39. The molecule has 2 aliphatic rings. The Balaban J connectivity index is 1.84. The van der Waals surface area contributed by atoms with E-state index in [9.17, 15) is 10.1 Å². The van der Waals surface area contributed by atoms with Gasteiger partial charge in [0, 0.05) is 12.1 Å². The summed E-state index contributed by atoms with van der Waals surface area (Å²) in [5, 5.41) is 9.98. The van der Waals surface area contributed by atoms with Crippen LogP contribution in [0.5, 0.6) is 0 Å². The van der Waals surface area contributed by atoms with Gasteiger partial charge in [-0.1, -0.05) is 54.1 Å². The van der Waals surface area contributed by atoms with Crippen molar-refractivity contribution in [1.82, 2.24) is 4.90 Å². The number of likely N-dealkylation sites (N-methyl/N-ethyl adjacent to an activating group) is 1. The fraction of sp³-hybridized carbons (Fsp3) is 0.318. The van der Waals surface area contributed by atoms with E-state index in [0.29, 0.717) is 5.02 Å². The quantitative estimate of drug-likeness (QED) is 0.864. The van der Waals surface area contributed by atoms with E-state index >= 15 is 0 Å². The monoisotopic (exact) mass is 392 g/mol. The Morgan fingerprint density at radius 1 is 1.21 bits per heavy atom. The van der Waals surface area contributed by atoms with Gasteiger partial charge in [0.2, 0.25) is 5.91 Å². The van der Waals surface area contributed by atoms with Crippen molar-refractivity contribution < 1.29 is 4.79 Å². The van der Waals surface area contributed by atoms with Gasteiger partial charge in [0.25, 0.3) is 0 Å². The van der Waals surface area contributed by atoms with E-state index in [1.54, 1.807) is 13.1 Å². The number of carbonyl (C=O) groups excluding carboxylic acids is 1. The van der Waals surface area contributed by atoms with Gasteiger partial charge in [0.1, 0.15) is 5.54 Å². The number of rotatable bonds is 3. The molecule has 1 fully saturated rings. The number of nitrogens with zero attached hydrogens (tertiary/aromatic N) is 3. The van der Waals surface area contributed by atoms with Crippen LogP contribution in [0.15, 0.2) is 53.5 Å². The molecule has 1 amide bonds. The van der Waals surface area contributed by atoms with Crippen molar-refractivity contribution in [3.63, 3.8) is 0 Å². The Labute approximate surface area is 169 Å². The lowest BCUT2D eigenvalue weighted by Crippen LogP contribution is -2.52. The maximum absolute atomic E-state index is 13.3. The van der Waals surface area contributed by atoms with Crippen molar-refractivity contribution in [3.05, 3.63) is 70.2 Å². The second-order valence-electron chi connectivity index (χ2n) is 7.74. The number of nitrogens with two attached hydrogens (primary N) is 1. The summed E-state index contributed by atoms with van der Waals surface area (Å²) in [5.41, 5.74) is 7.34. The number of guanidine groups is 1. The van der Waals surface area contributed by atoms with Crippen LogP contribution in [0.25, 0.3) is 0 Å². The molecule has 0 spiro atoms. The highest BCUT2D eigenvalue weighted by atomic mass is 35.5. The molecule has 4 rings (SSSR count). The molecular formula is C22H21ClN4O. The number of hydrogen-bond acceptors (Lipinski definition) is 4. The molecule has 142 valence electrons. The summed E-state index contributed by atoms with van der Waals surface area (Å²) in [4.78, 5) is 19.3. The molecule has 0 unspecified atom stereocenters. The van der Waals surface area contributed by atoms with Crippen LogP contribution in [-0.4, -0.2) is 23.8 Å². The first kappa shape index (κ1) is 18.5. The van der Waals surface area contributed by atoms with E-state index in [0.717, 1.165) is 29.5 Å². The molecule has 6 heteroatoms. The minimum absolute atomic E-state index is 0.135. The zero-order valence-corrected chi connectivity index (χ0v) is 16.6. The maximum Gasteiger partial charge on any atom is 0.239 e. The van der Waals surface area contributed by atoms with Gasteiger partial charge in [-0.3, -0.25) is 9.69 Å². The summed E-state index contributed by atoms with van der Waals surface area (Å²) in [6.45, 7) is 1.89. The van der Waals surface area contributed by atoms with E-state index < -0.39 is 11.5 Å². The molecule has 0 bridgehead atoms. The summed E-state index contributed by atoms with van der Waals surface area (Å²) in [6.07, 6.45) is 1.76. The number of nitriles is 1. The van der Waals surface area contributed by atoms with Gasteiger partial charge in [-0.05, 0) is 42.5 Å². The Morgan fingerprint density at radius 2 is 1.86 bits per heavy atom. The standard InChI is InChI=1S/C22H21ClN4O/c1-21(16-5-3-4-6-17(16)23)18(19(28)27(2)20(25)26-21)14-7-9-15(10-8-14)22(13-24)11-12-22/h3-10,18H,11-12H2,1-2H3,(H2,25,26)/t18-,21+/m0/s1. The minimum Gasteiger partial charge on any atom is -0.369 e. The van der Waals surface area contributed by atoms with Gasteiger partial charge in [-0.15, -0.1) is 0 Å². The van der Waals surface area contributed by atoms with Crippen LogP contribution in [0.3, 0.4) is 0 Å². The molecule has 1 heterocycles. The van der Waals surface area contributed by atoms with Crippen molar-refractivity contribution in [1.29, 1.82) is 5.26 Å². The molecule has 5 nitrogen and oxygen atoms in total. The largest absolute Gasteiger partial charge is 0.369 e. The lowest BCUT2D eigenvalue weighted by atomic mass is 9.74. The lowest BCUT2D eigenvalue weighted by molar-refractivity contribution is -0.130. The lowest BCUT2D eigenvalue weighted by Gasteiger charge is -2.41. The second kappa shape index (κ2) is 6.35. The van der Waals surface area contributed by atoms with Crippen molar-refractivity contribution >= 4 is 23.5 Å². The van der Waals surface area contributed by atoms with Crippen LogP contribution in [0.4, 0.5) is 0 Å². The zero-order valence-electron chi connectivity index (χ0n) is 15.8. The normalized spacial score (nSPS) is 25.8. The molecule has 0 radical (unpaired) electrons. The first-order chi connectivity index (χ1) is 13.3. The van der Waals surface area contributed by atoms with Gasteiger partial charge in [-0.25, -0.2) is 4.99 Å². The molecule has 1 saturated carbocycles. The van der Waals surface area contributed by atoms with Crippen molar-refractivity contribution in [2.24, 2.45) is 10.7 Å². The van der Waals surface area contributed by atoms with Crippen LogP contribution >= 0.6 is 11.6 Å². The Hall–Kier alpha value is -2.84. The molecule has 2 aromatic carbocycles. The highest BCUT2D eigenvalue weighted by molar-refractivity contribution is 6.31. The number of hydrogen-bond donors (Lipinski definition) is 1. The molecule has 2 atom stereocenters. The highest BCUT2D eigenvalue weighted by Gasteiger charge is 2.49. The number of carbonyl (C=O) groups is 1. The van der Waals surface area contributed by atoms with Crippen molar-refractivity contribution in [2.45, 2.75) is 36.6 Å². The molecule has 1 aliphatic heterocycles. The number of benzene rings is 2. The molecular weight excluding hydrogens is 372 g/mol. The first-order valence-electron chi connectivity index (χ1n) is 9.22. The maximum atomic E-state index is 13.3. The molecule has 0 saturated heterocycles. The van der Waals surface area contributed by atoms with Gasteiger partial charge in [0.05, 0.1) is 17.4 Å². The Bertz CT molecular complexity index is 1020. The SMILES string of the molecule is CN1C(=O)[C@H](c2ccc(C3(C#N)CC3)cc2)[C@@](C)(c2ccccc2Cl)N=C1N. The smallest absolute Gasteiger partial charge is 0.239 e. The van der Waals surface area contributed by atoms with Crippen LogP contribution < -0.4 is 5.73 Å². The number of aliphatic imine (C=N–C) groups is 1. The third-order valence-corrected chi connectivity index (χ3v) is 6.34. The summed E-state index contributed by atoms with van der Waals surface area (Å²) in [5.74, 6) is -0.540. The molecule has 0 aromatic heterocycles. The van der Waals surface area contributed by atoms with Gasteiger partial charge >= 0.3 is 0 Å². The summed E-state index contributed by atoms with van der Waals surface area (Å²) in [7, 11) is 1.63. The number of halogens is 1. The second-order valence-corrected chi connectivity index (χ2v) is 8.15. The van der Waals surface area contributed by atoms with Crippen LogP contribution in [0, 0.1) is 11.3 Å². The van der Waals surface area contributed by atoms with Gasteiger partial charge in [0.15, 0.2) is 5.96 Å². The zero-order chi connectivity index (χ0) is 20.1. The van der Waals surface area contributed by atoms with Crippen molar-refractivity contribution in [3.8, 4) is 6.07 Å². The molecule has 1 aliphatic carbocycles. The van der Waals surface area contributed by atoms with Crippen LogP contribution in [0.2, 0.25) is 5.02 Å². The van der Waals surface area contributed by atoms with Crippen LogP contribution in [0.1, 0.15) is 42.4 Å². The van der Waals surface area contributed by atoms with E-state index in [4.69, 9.17) is 22.3 Å². The minimum atomic E-state index is -0.931. The highest BCUT2D eigenvalue weighted by Crippen LogP contribution is 2.49. The summed E-state index contributed by atoms with van der Waals surface area (Å²) < 4.78 is 0. The molecule has 2 N–H and O–H groups in total.